The number of hydrogen-bond acceptors (Lipinski definition) is 5. The van der Waals surface area contributed by atoms with Crippen LogP contribution in [-0.4, -0.2) is 34.8 Å². The minimum absolute atomic E-state index is 0.270. The Balaban J connectivity index is 2.12. The second-order valence-corrected chi connectivity index (χ2v) is 5.43. The van der Waals surface area contributed by atoms with Crippen LogP contribution in [0.1, 0.15) is 39.5 Å². The first kappa shape index (κ1) is 14.5. The smallest absolute Gasteiger partial charge is 0.330 e. The molecule has 6 heteroatoms. The van der Waals surface area contributed by atoms with Crippen molar-refractivity contribution in [2.45, 2.75) is 51.7 Å². The zero-order valence-electron chi connectivity index (χ0n) is 11.7. The second kappa shape index (κ2) is 5.61. The first-order valence-corrected chi connectivity index (χ1v) is 6.94. The molecule has 2 amide bonds. The van der Waals surface area contributed by atoms with Gasteiger partial charge in [0.25, 0.3) is 0 Å². The molecule has 0 spiro atoms. The van der Waals surface area contributed by atoms with Crippen molar-refractivity contribution >= 4 is 17.8 Å². The number of likely N-dealkylation sites (tertiary alicyclic amines) is 1. The number of ether oxygens (including phenoxy) is 1. The van der Waals surface area contributed by atoms with Crippen molar-refractivity contribution in [1.29, 1.82) is 5.26 Å². The lowest BCUT2D eigenvalue weighted by atomic mass is 9.81. The summed E-state index contributed by atoms with van der Waals surface area (Å²) in [5.74, 6) is -1.80. The summed E-state index contributed by atoms with van der Waals surface area (Å²) in [5.41, 5.74) is 0. The fraction of sp³-hybridized carbons (Fsp3) is 0.714. The molecule has 0 aromatic heterocycles. The van der Waals surface area contributed by atoms with Gasteiger partial charge in [-0.05, 0) is 26.7 Å². The summed E-state index contributed by atoms with van der Waals surface area (Å²) in [4.78, 5) is 37.5. The standard InChI is InChI=1S/C14H18N2O4/c1-8(7-15)20-14(19)9(2)16-12(17)10-5-3-4-6-11(10)13(16)18/h8-11H,3-6H2,1-2H3/t8-,9-,10-,11-/m0/s1. The van der Waals surface area contributed by atoms with Gasteiger partial charge in [-0.15, -0.1) is 0 Å². The molecule has 1 saturated heterocycles. The van der Waals surface area contributed by atoms with Gasteiger partial charge in [0.15, 0.2) is 6.10 Å². The molecule has 1 aliphatic heterocycles. The quantitative estimate of drug-likeness (QED) is 0.568. The molecule has 2 aliphatic rings. The van der Waals surface area contributed by atoms with E-state index < -0.39 is 18.1 Å². The van der Waals surface area contributed by atoms with Crippen molar-refractivity contribution in [1.82, 2.24) is 4.90 Å². The number of fused-ring (bicyclic) bond motifs is 1. The second-order valence-electron chi connectivity index (χ2n) is 5.43. The molecule has 2 rings (SSSR count). The predicted octanol–water partition coefficient (Wildman–Crippen LogP) is 1.01. The number of nitriles is 1. The Morgan fingerprint density at radius 3 is 2.20 bits per heavy atom. The number of esters is 1. The molecule has 1 aliphatic carbocycles. The van der Waals surface area contributed by atoms with Crippen molar-refractivity contribution in [3.8, 4) is 6.07 Å². The van der Waals surface area contributed by atoms with E-state index in [2.05, 4.69) is 0 Å². The van der Waals surface area contributed by atoms with Crippen molar-refractivity contribution < 1.29 is 19.1 Å². The molecule has 1 heterocycles. The highest BCUT2D eigenvalue weighted by Crippen LogP contribution is 2.38. The largest absolute Gasteiger partial charge is 0.446 e. The summed E-state index contributed by atoms with van der Waals surface area (Å²) in [6, 6.07) is 0.821. The van der Waals surface area contributed by atoms with E-state index in [0.29, 0.717) is 12.8 Å². The molecule has 0 radical (unpaired) electrons. The normalized spacial score (nSPS) is 28.6. The summed E-state index contributed by atoms with van der Waals surface area (Å²) in [6.45, 7) is 2.91. The van der Waals surface area contributed by atoms with E-state index >= 15 is 0 Å². The number of nitrogens with zero attached hydrogens (tertiary/aromatic N) is 2. The van der Waals surface area contributed by atoms with E-state index in [9.17, 15) is 14.4 Å². The van der Waals surface area contributed by atoms with E-state index in [-0.39, 0.29) is 23.7 Å². The summed E-state index contributed by atoms with van der Waals surface area (Å²) < 4.78 is 4.88. The maximum Gasteiger partial charge on any atom is 0.330 e. The van der Waals surface area contributed by atoms with E-state index in [0.717, 1.165) is 17.7 Å². The molecule has 6 nitrogen and oxygen atoms in total. The lowest BCUT2D eigenvalue weighted by Gasteiger charge is -2.22. The molecular weight excluding hydrogens is 260 g/mol. The molecule has 108 valence electrons. The minimum atomic E-state index is -0.962. The molecule has 0 N–H and O–H groups in total. The van der Waals surface area contributed by atoms with Gasteiger partial charge in [-0.2, -0.15) is 5.26 Å². The fourth-order valence-electron chi connectivity index (χ4n) is 2.97. The van der Waals surface area contributed by atoms with Gasteiger partial charge in [0, 0.05) is 0 Å². The highest BCUT2D eigenvalue weighted by Gasteiger charge is 2.51. The van der Waals surface area contributed by atoms with Gasteiger partial charge < -0.3 is 4.74 Å². The lowest BCUT2D eigenvalue weighted by molar-refractivity contribution is -0.159. The monoisotopic (exact) mass is 278 g/mol. The Hall–Kier alpha value is -1.90. The zero-order valence-corrected chi connectivity index (χ0v) is 11.7. The van der Waals surface area contributed by atoms with Crippen molar-refractivity contribution in [3.05, 3.63) is 0 Å². The first-order chi connectivity index (χ1) is 9.47. The van der Waals surface area contributed by atoms with Crippen LogP contribution >= 0.6 is 0 Å². The third-order valence-electron chi connectivity index (χ3n) is 4.08. The average Bonchev–Trinajstić information content (AvgIpc) is 2.70. The Morgan fingerprint density at radius 2 is 1.75 bits per heavy atom. The first-order valence-electron chi connectivity index (χ1n) is 6.94. The van der Waals surface area contributed by atoms with Gasteiger partial charge in [0.1, 0.15) is 12.1 Å². The van der Waals surface area contributed by atoms with Crippen LogP contribution in [0, 0.1) is 23.2 Å². The molecule has 0 aromatic carbocycles. The highest BCUT2D eigenvalue weighted by molar-refractivity contribution is 6.07. The van der Waals surface area contributed by atoms with Gasteiger partial charge >= 0.3 is 5.97 Å². The Labute approximate surface area is 117 Å². The Bertz CT molecular complexity index is 458. The molecule has 0 bridgehead atoms. The van der Waals surface area contributed by atoms with Crippen LogP contribution in [0.15, 0.2) is 0 Å². The van der Waals surface area contributed by atoms with E-state index in [1.54, 1.807) is 6.07 Å². The average molecular weight is 278 g/mol. The van der Waals surface area contributed by atoms with Gasteiger partial charge in [0.05, 0.1) is 11.8 Å². The third-order valence-corrected chi connectivity index (χ3v) is 4.08. The summed E-state index contributed by atoms with van der Waals surface area (Å²) in [5, 5.41) is 8.63. The third kappa shape index (κ3) is 2.40. The van der Waals surface area contributed by atoms with Crippen LogP contribution in [0.4, 0.5) is 0 Å². The molecule has 0 aromatic rings. The van der Waals surface area contributed by atoms with Crippen LogP contribution in [-0.2, 0) is 19.1 Å². The van der Waals surface area contributed by atoms with Crippen LogP contribution in [0.5, 0.6) is 0 Å². The van der Waals surface area contributed by atoms with Crippen LogP contribution in [0.2, 0.25) is 0 Å². The molecule has 4 atom stereocenters. The highest BCUT2D eigenvalue weighted by atomic mass is 16.5. The van der Waals surface area contributed by atoms with E-state index in [4.69, 9.17) is 10.00 Å². The minimum Gasteiger partial charge on any atom is -0.446 e. The van der Waals surface area contributed by atoms with Gasteiger partial charge in [-0.25, -0.2) is 4.79 Å². The van der Waals surface area contributed by atoms with Crippen molar-refractivity contribution in [2.24, 2.45) is 11.8 Å². The Kier molecular flexibility index (Phi) is 4.07. The molecule has 1 saturated carbocycles. The summed E-state index contributed by atoms with van der Waals surface area (Å²) in [6.07, 6.45) is 2.42. The zero-order chi connectivity index (χ0) is 14.9. The number of carbonyl (C=O) groups is 3. The molecule has 20 heavy (non-hydrogen) atoms. The van der Waals surface area contributed by atoms with Crippen molar-refractivity contribution in [3.63, 3.8) is 0 Å². The summed E-state index contributed by atoms with van der Waals surface area (Å²) in [7, 11) is 0. The van der Waals surface area contributed by atoms with Crippen LogP contribution in [0.3, 0.4) is 0 Å². The lowest BCUT2D eigenvalue weighted by Crippen LogP contribution is -2.45. The topological polar surface area (TPSA) is 87.5 Å². The SMILES string of the molecule is C[C@@H](C#N)OC(=O)[C@H](C)N1C(=O)[C@H]2CCCC[C@@H]2C1=O. The van der Waals surface area contributed by atoms with Gasteiger partial charge in [-0.1, -0.05) is 12.8 Å². The van der Waals surface area contributed by atoms with Crippen molar-refractivity contribution in [2.75, 3.05) is 0 Å². The number of carbonyl (C=O) groups excluding carboxylic acids is 3. The molecular formula is C14H18N2O4. The van der Waals surface area contributed by atoms with Crippen LogP contribution in [0.25, 0.3) is 0 Å². The molecule has 0 unspecified atom stereocenters. The van der Waals surface area contributed by atoms with Gasteiger partial charge in [-0.3, -0.25) is 14.5 Å². The fourth-order valence-corrected chi connectivity index (χ4v) is 2.97. The number of rotatable bonds is 3. The molecule has 2 fully saturated rings. The summed E-state index contributed by atoms with van der Waals surface area (Å²) >= 11 is 0. The number of hydrogen-bond donors (Lipinski definition) is 0. The number of imide groups is 1. The van der Waals surface area contributed by atoms with Gasteiger partial charge in [0.2, 0.25) is 11.8 Å². The Morgan fingerprint density at radius 1 is 1.25 bits per heavy atom. The predicted molar refractivity (Wildman–Crippen MR) is 67.9 cm³/mol. The van der Waals surface area contributed by atoms with Crippen LogP contribution < -0.4 is 0 Å². The van der Waals surface area contributed by atoms with E-state index in [1.807, 2.05) is 0 Å². The number of amides is 2. The maximum absolute atomic E-state index is 12.3. The van der Waals surface area contributed by atoms with E-state index in [1.165, 1.54) is 13.8 Å². The maximum atomic E-state index is 12.3.